The highest BCUT2D eigenvalue weighted by molar-refractivity contribution is 5.75. The minimum Gasteiger partial charge on any atom is -0.463 e. The van der Waals surface area contributed by atoms with E-state index in [1.807, 2.05) is 13.8 Å². The van der Waals surface area contributed by atoms with Crippen LogP contribution in [0.1, 0.15) is 50.2 Å². The molecule has 2 saturated heterocycles. The first-order chi connectivity index (χ1) is 10.0. The third-order valence-corrected chi connectivity index (χ3v) is 4.81. The zero-order valence-electron chi connectivity index (χ0n) is 13.6. The van der Waals surface area contributed by atoms with Crippen molar-refractivity contribution in [2.45, 2.75) is 64.1 Å². The third-order valence-electron chi connectivity index (χ3n) is 4.81. The standard InChI is InChI=1S/C18H25NO2.H2O/c1-11(2)21-18(20)17-15(10-14-8-9-16(17)19-14)13-6-4-12(3)5-7-13;/h4-7,11,14-17,19H,8-10H2,1-3H3;1H2/t14-,15?,16?,17?;/m1./s1. The average Bonchev–Trinajstić information content (AvgIpc) is 2.80. The predicted octanol–water partition coefficient (Wildman–Crippen LogP) is 2.35. The molecule has 0 aromatic heterocycles. The van der Waals surface area contributed by atoms with E-state index in [0.29, 0.717) is 6.04 Å². The van der Waals surface area contributed by atoms with Crippen LogP contribution >= 0.6 is 0 Å². The first kappa shape index (κ1) is 17.0. The first-order valence-corrected chi connectivity index (χ1v) is 8.07. The lowest BCUT2D eigenvalue weighted by molar-refractivity contribution is -0.155. The van der Waals surface area contributed by atoms with Gasteiger partial charge in [-0.1, -0.05) is 29.8 Å². The largest absolute Gasteiger partial charge is 0.463 e. The molecule has 2 fully saturated rings. The summed E-state index contributed by atoms with van der Waals surface area (Å²) in [6.45, 7) is 5.94. The molecule has 4 atom stereocenters. The van der Waals surface area contributed by atoms with Crippen molar-refractivity contribution in [1.29, 1.82) is 0 Å². The Kier molecular flexibility index (Phi) is 5.24. The van der Waals surface area contributed by atoms with Gasteiger partial charge in [0.2, 0.25) is 0 Å². The molecule has 0 saturated carbocycles. The van der Waals surface area contributed by atoms with E-state index in [-0.39, 0.29) is 35.4 Å². The van der Waals surface area contributed by atoms with E-state index in [9.17, 15) is 4.79 Å². The lowest BCUT2D eigenvalue weighted by atomic mass is 9.77. The summed E-state index contributed by atoms with van der Waals surface area (Å²) in [5, 5.41) is 3.60. The molecule has 0 amide bonds. The summed E-state index contributed by atoms with van der Waals surface area (Å²) >= 11 is 0. The molecule has 4 heteroatoms. The van der Waals surface area contributed by atoms with Crippen LogP contribution < -0.4 is 5.32 Å². The van der Waals surface area contributed by atoms with Crippen molar-refractivity contribution in [3.63, 3.8) is 0 Å². The van der Waals surface area contributed by atoms with Gasteiger partial charge in [0.15, 0.2) is 0 Å². The third kappa shape index (κ3) is 3.33. The van der Waals surface area contributed by atoms with E-state index < -0.39 is 0 Å². The van der Waals surface area contributed by atoms with Crippen LogP contribution in [0, 0.1) is 12.8 Å². The number of nitrogens with one attached hydrogen (secondary N) is 1. The maximum absolute atomic E-state index is 12.6. The fraction of sp³-hybridized carbons (Fsp3) is 0.611. The number of esters is 1. The van der Waals surface area contributed by atoms with Gasteiger partial charge in [-0.2, -0.15) is 0 Å². The maximum Gasteiger partial charge on any atom is 0.311 e. The Morgan fingerprint density at radius 2 is 1.91 bits per heavy atom. The SMILES string of the molecule is Cc1ccc(C2C[C@H]3CCC(N3)C2C(=O)OC(C)C)cc1.O. The van der Waals surface area contributed by atoms with Crippen molar-refractivity contribution in [2.75, 3.05) is 0 Å². The van der Waals surface area contributed by atoms with Gasteiger partial charge in [0, 0.05) is 18.0 Å². The van der Waals surface area contributed by atoms with E-state index in [4.69, 9.17) is 4.74 Å². The molecule has 4 nitrogen and oxygen atoms in total. The van der Waals surface area contributed by atoms with Gasteiger partial charge in [0.1, 0.15) is 0 Å². The van der Waals surface area contributed by atoms with Gasteiger partial charge < -0.3 is 15.5 Å². The molecule has 1 aromatic rings. The summed E-state index contributed by atoms with van der Waals surface area (Å²) in [5.74, 6) is 0.206. The van der Waals surface area contributed by atoms with Crippen LogP contribution in [-0.2, 0) is 9.53 Å². The van der Waals surface area contributed by atoms with Gasteiger partial charge in [0.05, 0.1) is 12.0 Å². The normalized spacial score (nSPS) is 30.0. The predicted molar refractivity (Wildman–Crippen MR) is 86.8 cm³/mol. The number of piperidine rings is 1. The summed E-state index contributed by atoms with van der Waals surface area (Å²) < 4.78 is 5.54. The van der Waals surface area contributed by atoms with E-state index in [1.54, 1.807) is 0 Å². The smallest absolute Gasteiger partial charge is 0.311 e. The molecule has 122 valence electrons. The quantitative estimate of drug-likeness (QED) is 0.871. The van der Waals surface area contributed by atoms with Crippen molar-refractivity contribution in [1.82, 2.24) is 5.32 Å². The molecular formula is C18H27NO3. The summed E-state index contributed by atoms with van der Waals surface area (Å²) in [4.78, 5) is 12.6. The first-order valence-electron chi connectivity index (χ1n) is 8.07. The molecule has 3 N–H and O–H groups in total. The molecule has 2 bridgehead atoms. The topological polar surface area (TPSA) is 69.8 Å². The molecule has 2 aliphatic rings. The number of aryl methyl sites for hydroxylation is 1. The number of ether oxygens (including phenoxy) is 1. The number of carbonyl (C=O) groups excluding carboxylic acids is 1. The van der Waals surface area contributed by atoms with Crippen molar-refractivity contribution in [3.05, 3.63) is 35.4 Å². The molecule has 3 unspecified atom stereocenters. The molecule has 3 rings (SSSR count). The second-order valence-electron chi connectivity index (χ2n) is 6.81. The second-order valence-corrected chi connectivity index (χ2v) is 6.81. The Morgan fingerprint density at radius 1 is 1.23 bits per heavy atom. The van der Waals surface area contributed by atoms with Crippen LogP contribution in [0.4, 0.5) is 0 Å². The van der Waals surface area contributed by atoms with Crippen LogP contribution in [0.3, 0.4) is 0 Å². The van der Waals surface area contributed by atoms with Crippen molar-refractivity contribution >= 4 is 5.97 Å². The van der Waals surface area contributed by atoms with E-state index in [1.165, 1.54) is 17.5 Å². The average molecular weight is 305 g/mol. The van der Waals surface area contributed by atoms with Crippen molar-refractivity contribution in [2.24, 2.45) is 5.92 Å². The lowest BCUT2D eigenvalue weighted by Gasteiger charge is -2.36. The molecule has 0 radical (unpaired) electrons. The number of benzene rings is 1. The summed E-state index contributed by atoms with van der Waals surface area (Å²) in [5.41, 5.74) is 2.54. The van der Waals surface area contributed by atoms with E-state index in [0.717, 1.165) is 12.8 Å². The Bertz CT molecular complexity index is 512. The van der Waals surface area contributed by atoms with Gasteiger partial charge >= 0.3 is 5.97 Å². The lowest BCUT2D eigenvalue weighted by Crippen LogP contribution is -2.48. The second kappa shape index (κ2) is 6.80. The Hall–Kier alpha value is -1.39. The minimum atomic E-state index is -0.0474. The zero-order valence-corrected chi connectivity index (χ0v) is 13.6. The highest BCUT2D eigenvalue weighted by Gasteiger charge is 2.46. The molecular weight excluding hydrogens is 278 g/mol. The van der Waals surface area contributed by atoms with Crippen LogP contribution in [0.15, 0.2) is 24.3 Å². The number of hydrogen-bond donors (Lipinski definition) is 1. The van der Waals surface area contributed by atoms with Gasteiger partial charge in [-0.05, 0) is 45.6 Å². The molecule has 0 spiro atoms. The molecule has 2 aliphatic heterocycles. The van der Waals surface area contributed by atoms with Crippen LogP contribution in [0.25, 0.3) is 0 Å². The van der Waals surface area contributed by atoms with Gasteiger partial charge in [-0.15, -0.1) is 0 Å². The van der Waals surface area contributed by atoms with Gasteiger partial charge in [0.25, 0.3) is 0 Å². The molecule has 2 heterocycles. The number of fused-ring (bicyclic) bond motifs is 2. The van der Waals surface area contributed by atoms with Crippen LogP contribution in [0.2, 0.25) is 0 Å². The minimum absolute atomic E-state index is 0. The summed E-state index contributed by atoms with van der Waals surface area (Å²) in [6, 6.07) is 9.49. The fourth-order valence-electron chi connectivity index (χ4n) is 3.85. The fourth-order valence-corrected chi connectivity index (χ4v) is 3.85. The van der Waals surface area contributed by atoms with E-state index >= 15 is 0 Å². The number of rotatable bonds is 3. The van der Waals surface area contributed by atoms with Gasteiger partial charge in [-0.25, -0.2) is 0 Å². The van der Waals surface area contributed by atoms with E-state index in [2.05, 4.69) is 36.5 Å². The monoisotopic (exact) mass is 305 g/mol. The van der Waals surface area contributed by atoms with Crippen molar-refractivity contribution in [3.8, 4) is 0 Å². The summed E-state index contributed by atoms with van der Waals surface area (Å²) in [6.07, 6.45) is 3.26. The number of hydrogen-bond acceptors (Lipinski definition) is 3. The molecule has 0 aliphatic carbocycles. The highest BCUT2D eigenvalue weighted by atomic mass is 16.5. The Balaban J connectivity index is 0.00000176. The highest BCUT2D eigenvalue weighted by Crippen LogP contribution is 2.42. The number of carbonyl (C=O) groups is 1. The zero-order chi connectivity index (χ0) is 15.0. The van der Waals surface area contributed by atoms with Gasteiger partial charge in [-0.3, -0.25) is 4.79 Å². The Morgan fingerprint density at radius 3 is 2.55 bits per heavy atom. The van der Waals surface area contributed by atoms with Crippen LogP contribution in [0.5, 0.6) is 0 Å². The Labute approximate surface area is 132 Å². The molecule has 22 heavy (non-hydrogen) atoms. The molecule has 1 aromatic carbocycles. The maximum atomic E-state index is 12.6. The van der Waals surface area contributed by atoms with Crippen molar-refractivity contribution < 1.29 is 15.0 Å². The van der Waals surface area contributed by atoms with Crippen LogP contribution in [-0.4, -0.2) is 29.6 Å². The summed E-state index contributed by atoms with van der Waals surface area (Å²) in [7, 11) is 0.